The standard InChI is InChI=1S/C31H25N3O3/c1-22-30(31(36)34(33(22)2)25-14-7-4-8-15-25)32-21-27-26-16-10-9-13-24(26)18-19-28(27)37-29(35)20-17-23-11-5-3-6-12-23/h3-21H,1-2H3. The first-order valence-corrected chi connectivity index (χ1v) is 11.9. The highest BCUT2D eigenvalue weighted by atomic mass is 16.5. The van der Waals surface area contributed by atoms with Crippen LogP contribution in [0, 0.1) is 6.92 Å². The normalized spacial score (nSPS) is 11.5. The van der Waals surface area contributed by atoms with Crippen LogP contribution in [0.2, 0.25) is 0 Å². The minimum absolute atomic E-state index is 0.230. The second-order valence-electron chi connectivity index (χ2n) is 8.53. The van der Waals surface area contributed by atoms with Gasteiger partial charge in [-0.05, 0) is 47.5 Å². The van der Waals surface area contributed by atoms with Gasteiger partial charge in [0.05, 0.1) is 11.4 Å². The highest BCUT2D eigenvalue weighted by Gasteiger charge is 2.16. The molecule has 1 heterocycles. The Hall–Kier alpha value is -4.97. The number of para-hydroxylation sites is 1. The molecule has 182 valence electrons. The van der Waals surface area contributed by atoms with Gasteiger partial charge in [-0.15, -0.1) is 0 Å². The Bertz CT molecular complexity index is 1700. The first-order valence-electron chi connectivity index (χ1n) is 11.9. The average Bonchev–Trinajstić information content (AvgIpc) is 3.15. The molecule has 0 aliphatic carbocycles. The summed E-state index contributed by atoms with van der Waals surface area (Å²) >= 11 is 0. The predicted octanol–water partition coefficient (Wildman–Crippen LogP) is 6.01. The number of hydrogen-bond acceptors (Lipinski definition) is 4. The van der Waals surface area contributed by atoms with Crippen molar-refractivity contribution in [3.63, 3.8) is 0 Å². The van der Waals surface area contributed by atoms with Crippen LogP contribution in [0.5, 0.6) is 5.75 Å². The minimum Gasteiger partial charge on any atom is -0.423 e. The van der Waals surface area contributed by atoms with Gasteiger partial charge in [-0.3, -0.25) is 9.48 Å². The summed E-state index contributed by atoms with van der Waals surface area (Å²) in [5.41, 5.74) is 3.08. The van der Waals surface area contributed by atoms with Crippen molar-refractivity contribution in [1.82, 2.24) is 9.36 Å². The van der Waals surface area contributed by atoms with Gasteiger partial charge < -0.3 is 4.74 Å². The molecule has 0 spiro atoms. The summed E-state index contributed by atoms with van der Waals surface area (Å²) in [7, 11) is 1.83. The summed E-state index contributed by atoms with van der Waals surface area (Å²) in [6.45, 7) is 1.85. The Morgan fingerprint density at radius 3 is 2.30 bits per heavy atom. The number of nitrogens with zero attached hydrogens (tertiary/aromatic N) is 3. The van der Waals surface area contributed by atoms with Crippen LogP contribution < -0.4 is 10.3 Å². The van der Waals surface area contributed by atoms with E-state index in [-0.39, 0.29) is 5.56 Å². The number of hydrogen-bond donors (Lipinski definition) is 0. The Morgan fingerprint density at radius 2 is 1.54 bits per heavy atom. The number of carbonyl (C=O) groups excluding carboxylic acids is 1. The van der Waals surface area contributed by atoms with Crippen molar-refractivity contribution >= 4 is 34.7 Å². The van der Waals surface area contributed by atoms with Gasteiger partial charge in [-0.2, -0.15) is 0 Å². The molecule has 0 saturated carbocycles. The number of aliphatic imine (C=N–C) groups is 1. The van der Waals surface area contributed by atoms with Gasteiger partial charge in [-0.25, -0.2) is 14.5 Å². The molecule has 6 nitrogen and oxygen atoms in total. The van der Waals surface area contributed by atoms with E-state index < -0.39 is 5.97 Å². The topological polar surface area (TPSA) is 65.6 Å². The van der Waals surface area contributed by atoms with Gasteiger partial charge in [0.1, 0.15) is 5.75 Å². The molecule has 4 aromatic carbocycles. The maximum atomic E-state index is 13.3. The summed E-state index contributed by atoms with van der Waals surface area (Å²) in [5.74, 6) is -0.141. The number of benzene rings is 4. The van der Waals surface area contributed by atoms with Crippen LogP contribution >= 0.6 is 0 Å². The van der Waals surface area contributed by atoms with Gasteiger partial charge in [-0.1, -0.05) is 78.9 Å². The fraction of sp³-hybridized carbons (Fsp3) is 0.0645. The lowest BCUT2D eigenvalue weighted by atomic mass is 10.0. The van der Waals surface area contributed by atoms with Crippen molar-refractivity contribution < 1.29 is 9.53 Å². The van der Waals surface area contributed by atoms with E-state index in [2.05, 4.69) is 4.99 Å². The third-order valence-corrected chi connectivity index (χ3v) is 6.20. The molecule has 0 unspecified atom stereocenters. The van der Waals surface area contributed by atoms with E-state index in [1.165, 1.54) is 6.08 Å². The second-order valence-corrected chi connectivity index (χ2v) is 8.53. The van der Waals surface area contributed by atoms with Crippen LogP contribution in [0.3, 0.4) is 0 Å². The van der Waals surface area contributed by atoms with E-state index in [1.54, 1.807) is 27.7 Å². The molecular formula is C31H25N3O3. The lowest BCUT2D eigenvalue weighted by Gasteiger charge is -2.09. The number of aromatic nitrogens is 2. The number of carbonyl (C=O) groups is 1. The van der Waals surface area contributed by atoms with Crippen LogP contribution in [-0.2, 0) is 11.8 Å². The van der Waals surface area contributed by atoms with Crippen LogP contribution in [0.4, 0.5) is 5.69 Å². The van der Waals surface area contributed by atoms with Crippen molar-refractivity contribution in [1.29, 1.82) is 0 Å². The summed E-state index contributed by atoms with van der Waals surface area (Å²) < 4.78 is 9.08. The average molecular weight is 488 g/mol. The first kappa shape index (κ1) is 23.8. The molecule has 6 heteroatoms. The third kappa shape index (κ3) is 4.90. The summed E-state index contributed by atoms with van der Waals surface area (Å²) in [5, 5.41) is 1.83. The van der Waals surface area contributed by atoms with Crippen LogP contribution in [0.15, 0.2) is 113 Å². The van der Waals surface area contributed by atoms with E-state index >= 15 is 0 Å². The second kappa shape index (κ2) is 10.3. The maximum Gasteiger partial charge on any atom is 0.336 e. The van der Waals surface area contributed by atoms with Crippen LogP contribution in [0.1, 0.15) is 16.8 Å². The fourth-order valence-corrected chi connectivity index (χ4v) is 4.20. The molecule has 0 saturated heterocycles. The highest BCUT2D eigenvalue weighted by molar-refractivity contribution is 6.04. The largest absolute Gasteiger partial charge is 0.423 e. The molecule has 1 aromatic heterocycles. The third-order valence-electron chi connectivity index (χ3n) is 6.20. The molecule has 5 rings (SSSR count). The van der Waals surface area contributed by atoms with Crippen molar-refractivity contribution in [3.8, 4) is 11.4 Å². The van der Waals surface area contributed by atoms with Gasteiger partial charge in [0.2, 0.25) is 0 Å². The molecule has 0 amide bonds. The van der Waals surface area contributed by atoms with Crippen molar-refractivity contribution in [2.75, 3.05) is 0 Å². The SMILES string of the molecule is Cc1c(N=Cc2c(OC(=O)C=Cc3ccccc3)ccc3ccccc23)c(=O)n(-c2ccccc2)n1C. The van der Waals surface area contributed by atoms with Gasteiger partial charge in [0, 0.05) is 24.9 Å². The fourth-order valence-electron chi connectivity index (χ4n) is 4.20. The molecule has 5 aromatic rings. The van der Waals surface area contributed by atoms with Crippen molar-refractivity contribution in [3.05, 3.63) is 130 Å². The summed E-state index contributed by atoms with van der Waals surface area (Å²) in [6.07, 6.45) is 4.70. The molecule has 0 N–H and O–H groups in total. The molecule has 37 heavy (non-hydrogen) atoms. The Labute approximate surface area is 214 Å². The molecule has 0 fully saturated rings. The molecule has 0 aliphatic heterocycles. The van der Waals surface area contributed by atoms with Crippen molar-refractivity contribution in [2.24, 2.45) is 12.0 Å². The zero-order valence-corrected chi connectivity index (χ0v) is 20.5. The molecule has 0 atom stereocenters. The minimum atomic E-state index is -0.504. The zero-order valence-electron chi connectivity index (χ0n) is 20.5. The smallest absolute Gasteiger partial charge is 0.336 e. The van der Waals surface area contributed by atoms with E-state index in [1.807, 2.05) is 105 Å². The van der Waals surface area contributed by atoms with Gasteiger partial charge in [0.25, 0.3) is 5.56 Å². The van der Waals surface area contributed by atoms with Crippen LogP contribution in [0.25, 0.3) is 22.5 Å². The Kier molecular flexibility index (Phi) is 6.64. The lowest BCUT2D eigenvalue weighted by Crippen LogP contribution is -2.19. The highest BCUT2D eigenvalue weighted by Crippen LogP contribution is 2.28. The Balaban J connectivity index is 1.53. The van der Waals surface area contributed by atoms with E-state index in [0.29, 0.717) is 17.0 Å². The number of rotatable bonds is 6. The maximum absolute atomic E-state index is 13.3. The summed E-state index contributed by atoms with van der Waals surface area (Å²) in [4.78, 5) is 30.6. The molecule has 0 bridgehead atoms. The van der Waals surface area contributed by atoms with E-state index in [9.17, 15) is 9.59 Å². The van der Waals surface area contributed by atoms with Crippen LogP contribution in [-0.4, -0.2) is 21.5 Å². The Morgan fingerprint density at radius 1 is 0.865 bits per heavy atom. The zero-order chi connectivity index (χ0) is 25.8. The van der Waals surface area contributed by atoms with E-state index in [4.69, 9.17) is 4.74 Å². The predicted molar refractivity (Wildman–Crippen MR) is 148 cm³/mol. The molecule has 0 aliphatic rings. The quantitative estimate of drug-likeness (QED) is 0.128. The van der Waals surface area contributed by atoms with E-state index in [0.717, 1.165) is 27.7 Å². The van der Waals surface area contributed by atoms with Crippen molar-refractivity contribution in [2.45, 2.75) is 6.92 Å². The molecular weight excluding hydrogens is 462 g/mol. The summed E-state index contributed by atoms with van der Waals surface area (Å²) in [6, 6.07) is 30.4. The van der Waals surface area contributed by atoms with Gasteiger partial charge >= 0.3 is 5.97 Å². The number of esters is 1. The number of fused-ring (bicyclic) bond motifs is 1. The first-order chi connectivity index (χ1) is 18.0. The monoisotopic (exact) mass is 487 g/mol. The lowest BCUT2D eigenvalue weighted by molar-refractivity contribution is -0.128. The van der Waals surface area contributed by atoms with Gasteiger partial charge in [0.15, 0.2) is 5.69 Å². The number of ether oxygens (including phenoxy) is 1. The molecule has 0 radical (unpaired) electrons.